The molecule has 0 saturated carbocycles. The van der Waals surface area contributed by atoms with Crippen molar-refractivity contribution in [1.29, 1.82) is 0 Å². The van der Waals surface area contributed by atoms with E-state index in [1.165, 1.54) is 15.9 Å². The van der Waals surface area contributed by atoms with Crippen LogP contribution in [0.4, 0.5) is 4.79 Å². The molecule has 0 aliphatic carbocycles. The molecule has 0 unspecified atom stereocenters. The first-order chi connectivity index (χ1) is 13.6. The van der Waals surface area contributed by atoms with E-state index in [-0.39, 0.29) is 0 Å². The number of carboxylic acid groups (broad SMARTS) is 1. The van der Waals surface area contributed by atoms with E-state index >= 15 is 0 Å². The lowest BCUT2D eigenvalue weighted by atomic mass is 10.2. The monoisotopic (exact) mass is 392 g/mol. The van der Waals surface area contributed by atoms with E-state index in [9.17, 15) is 9.59 Å². The Morgan fingerprint density at radius 1 is 0.714 bits per heavy atom. The molecule has 0 aliphatic rings. The van der Waals surface area contributed by atoms with Gasteiger partial charge in [-0.05, 0) is 29.4 Å². The highest BCUT2D eigenvalue weighted by Crippen LogP contribution is 2.32. The molecule has 5 nitrogen and oxygen atoms in total. The highest BCUT2D eigenvalue weighted by Gasteiger charge is 2.15. The van der Waals surface area contributed by atoms with E-state index in [1.807, 2.05) is 24.3 Å². The average Bonchev–Trinajstić information content (AvgIpc) is 2.73. The Kier molecular flexibility index (Phi) is 6.77. The third-order valence-corrected chi connectivity index (χ3v) is 6.52. The number of benzene rings is 3. The molecule has 3 aromatic carbocycles. The van der Waals surface area contributed by atoms with Crippen LogP contribution in [0, 0.1) is 0 Å². The lowest BCUT2D eigenvalue weighted by molar-refractivity contribution is -0.135. The summed E-state index contributed by atoms with van der Waals surface area (Å²) in [4.78, 5) is 22.1. The fourth-order valence-corrected chi connectivity index (χ4v) is 5.05. The van der Waals surface area contributed by atoms with E-state index in [2.05, 4.69) is 71.3 Å². The number of aliphatic carboxylic acids is 1. The topological polar surface area (TPSA) is 78.4 Å². The zero-order valence-corrected chi connectivity index (χ0v) is 16.1. The standard InChI is InChI=1S/C22H21N2O3P/c25-21(26)16-24-22(27)23-15-17-11-13-20(14-12-17)28(18-7-3-1-4-8-18)19-9-5-2-6-10-19/h1-14H,15-16H2,(H,25,26)(H2,23,24,27). The van der Waals surface area contributed by atoms with Gasteiger partial charge >= 0.3 is 12.0 Å². The molecule has 0 heterocycles. The van der Waals surface area contributed by atoms with Gasteiger partial charge < -0.3 is 15.7 Å². The van der Waals surface area contributed by atoms with Crippen molar-refractivity contribution in [1.82, 2.24) is 10.6 Å². The minimum absolute atomic E-state index is 0.334. The predicted octanol–water partition coefficient (Wildman–Crippen LogP) is 2.33. The van der Waals surface area contributed by atoms with E-state index in [0.29, 0.717) is 6.54 Å². The van der Waals surface area contributed by atoms with Gasteiger partial charge in [-0.1, -0.05) is 84.9 Å². The summed E-state index contributed by atoms with van der Waals surface area (Å²) in [5.41, 5.74) is 0.949. The predicted molar refractivity (Wildman–Crippen MR) is 113 cm³/mol. The number of carbonyl (C=O) groups excluding carboxylic acids is 1. The van der Waals surface area contributed by atoms with Gasteiger partial charge in [0.15, 0.2) is 0 Å². The molecule has 0 fully saturated rings. The number of urea groups is 1. The van der Waals surface area contributed by atoms with Crippen LogP contribution in [0.2, 0.25) is 0 Å². The SMILES string of the molecule is O=C(O)CNC(=O)NCc1ccc(P(c2ccccc2)c2ccccc2)cc1. The maximum absolute atomic E-state index is 11.6. The zero-order chi connectivity index (χ0) is 19.8. The summed E-state index contributed by atoms with van der Waals surface area (Å²) in [5, 5.41) is 17.3. The van der Waals surface area contributed by atoms with Crippen LogP contribution in [0.5, 0.6) is 0 Å². The lowest BCUT2D eigenvalue weighted by Gasteiger charge is -2.19. The van der Waals surface area contributed by atoms with E-state index in [0.717, 1.165) is 5.56 Å². The quantitative estimate of drug-likeness (QED) is 0.540. The normalized spacial score (nSPS) is 10.5. The number of rotatable bonds is 7. The molecule has 3 rings (SSSR count). The molecule has 0 bridgehead atoms. The van der Waals surface area contributed by atoms with Gasteiger partial charge in [-0.2, -0.15) is 0 Å². The molecular formula is C22H21N2O3P. The first-order valence-corrected chi connectivity index (χ1v) is 10.2. The first kappa shape index (κ1) is 19.6. The zero-order valence-electron chi connectivity index (χ0n) is 15.2. The van der Waals surface area contributed by atoms with Crippen molar-refractivity contribution in [3.8, 4) is 0 Å². The fraction of sp³-hybridized carbons (Fsp3) is 0.0909. The van der Waals surface area contributed by atoms with E-state index in [1.54, 1.807) is 0 Å². The largest absolute Gasteiger partial charge is 0.480 e. The highest BCUT2D eigenvalue weighted by atomic mass is 31.1. The molecule has 6 heteroatoms. The van der Waals surface area contributed by atoms with Crippen LogP contribution < -0.4 is 26.5 Å². The number of carboxylic acids is 1. The number of nitrogens with one attached hydrogen (secondary N) is 2. The van der Waals surface area contributed by atoms with Crippen LogP contribution >= 0.6 is 7.92 Å². The van der Waals surface area contributed by atoms with Gasteiger partial charge in [0.05, 0.1) is 0 Å². The maximum Gasteiger partial charge on any atom is 0.323 e. The lowest BCUT2D eigenvalue weighted by Crippen LogP contribution is -2.38. The minimum atomic E-state index is -1.07. The van der Waals surface area contributed by atoms with Gasteiger partial charge in [0.2, 0.25) is 0 Å². The molecule has 0 atom stereocenters. The van der Waals surface area contributed by atoms with Crippen LogP contribution in [0.1, 0.15) is 5.56 Å². The molecule has 0 radical (unpaired) electrons. The van der Waals surface area contributed by atoms with Crippen LogP contribution in [0.15, 0.2) is 84.9 Å². The maximum atomic E-state index is 11.6. The highest BCUT2D eigenvalue weighted by molar-refractivity contribution is 7.79. The van der Waals surface area contributed by atoms with Gasteiger partial charge in [0, 0.05) is 6.54 Å². The van der Waals surface area contributed by atoms with Crippen LogP contribution in [-0.2, 0) is 11.3 Å². The number of carbonyl (C=O) groups is 2. The summed E-state index contributed by atoms with van der Waals surface area (Å²) in [5.74, 6) is -1.07. The van der Waals surface area contributed by atoms with Crippen molar-refractivity contribution in [2.75, 3.05) is 6.54 Å². The van der Waals surface area contributed by atoms with Crippen LogP contribution in [0.25, 0.3) is 0 Å². The molecule has 0 aromatic heterocycles. The van der Waals surface area contributed by atoms with Gasteiger partial charge in [0.1, 0.15) is 6.54 Å². The fourth-order valence-electron chi connectivity index (χ4n) is 2.76. The Balaban J connectivity index is 1.74. The van der Waals surface area contributed by atoms with Gasteiger partial charge in [-0.3, -0.25) is 4.79 Å². The Labute approximate surface area is 165 Å². The minimum Gasteiger partial charge on any atom is -0.480 e. The first-order valence-electron chi connectivity index (χ1n) is 8.86. The molecule has 142 valence electrons. The summed E-state index contributed by atoms with van der Waals surface area (Å²) in [7, 11) is -0.658. The van der Waals surface area contributed by atoms with Crippen molar-refractivity contribution in [2.24, 2.45) is 0 Å². The Bertz CT molecular complexity index is 876. The summed E-state index contributed by atoms with van der Waals surface area (Å²) >= 11 is 0. The van der Waals surface area contributed by atoms with E-state index < -0.39 is 26.5 Å². The molecule has 3 N–H and O–H groups in total. The Morgan fingerprint density at radius 2 is 1.21 bits per heavy atom. The third kappa shape index (κ3) is 5.41. The summed E-state index contributed by atoms with van der Waals surface area (Å²) < 4.78 is 0. The summed E-state index contributed by atoms with van der Waals surface area (Å²) in [6.45, 7) is -0.0659. The van der Waals surface area contributed by atoms with Crippen LogP contribution in [0.3, 0.4) is 0 Å². The number of hydrogen-bond acceptors (Lipinski definition) is 2. The van der Waals surface area contributed by atoms with E-state index in [4.69, 9.17) is 5.11 Å². The molecular weight excluding hydrogens is 371 g/mol. The number of hydrogen-bond donors (Lipinski definition) is 3. The van der Waals surface area contributed by atoms with Crippen molar-refractivity contribution < 1.29 is 14.7 Å². The second kappa shape index (κ2) is 9.67. The molecule has 2 amide bonds. The number of amides is 2. The van der Waals surface area contributed by atoms with Gasteiger partial charge in [-0.15, -0.1) is 0 Å². The van der Waals surface area contributed by atoms with Crippen molar-refractivity contribution in [3.05, 3.63) is 90.5 Å². The van der Waals surface area contributed by atoms with Crippen molar-refractivity contribution in [3.63, 3.8) is 0 Å². The Hall–Kier alpha value is -3.17. The second-order valence-corrected chi connectivity index (χ2v) is 8.32. The molecule has 28 heavy (non-hydrogen) atoms. The Morgan fingerprint density at radius 3 is 1.71 bits per heavy atom. The smallest absolute Gasteiger partial charge is 0.323 e. The molecule has 0 spiro atoms. The molecule has 0 saturated heterocycles. The molecule has 0 aliphatic heterocycles. The van der Waals surface area contributed by atoms with Crippen LogP contribution in [-0.4, -0.2) is 23.7 Å². The van der Waals surface area contributed by atoms with Gasteiger partial charge in [-0.25, -0.2) is 4.79 Å². The van der Waals surface area contributed by atoms with Crippen molar-refractivity contribution in [2.45, 2.75) is 6.54 Å². The average molecular weight is 392 g/mol. The van der Waals surface area contributed by atoms with Gasteiger partial charge in [0.25, 0.3) is 0 Å². The summed E-state index contributed by atoms with van der Waals surface area (Å²) in [6, 6.07) is 28.6. The molecule has 3 aromatic rings. The summed E-state index contributed by atoms with van der Waals surface area (Å²) in [6.07, 6.45) is 0. The third-order valence-electron chi connectivity index (χ3n) is 4.08. The van der Waals surface area contributed by atoms with Crippen molar-refractivity contribution >= 4 is 35.8 Å². The second-order valence-electron chi connectivity index (χ2n) is 6.10.